The lowest BCUT2D eigenvalue weighted by molar-refractivity contribution is -0.148. The Morgan fingerprint density at radius 2 is 1.07 bits per heavy atom. The van der Waals surface area contributed by atoms with Gasteiger partial charge in [0.1, 0.15) is 0 Å². The van der Waals surface area contributed by atoms with Crippen LogP contribution in [0.3, 0.4) is 0 Å². The molecule has 10 heteroatoms. The Kier molecular flexibility index (Phi) is 11.2. The summed E-state index contributed by atoms with van der Waals surface area (Å²) in [7, 11) is 0. The normalized spacial score (nSPS) is 25.7. The number of Topliss-reactive ketones (excluding diaryl/α,β-unsaturated/α-hetero) is 2. The molecule has 0 saturated heterocycles. The van der Waals surface area contributed by atoms with Gasteiger partial charge in [-0.25, -0.2) is 0 Å². The Bertz CT molecular complexity index is 1130. The summed E-state index contributed by atoms with van der Waals surface area (Å²) in [6.45, 7) is 14.1. The number of ether oxygens (including phenoxy) is 2. The summed E-state index contributed by atoms with van der Waals surface area (Å²) >= 11 is 9.44. The van der Waals surface area contributed by atoms with Crippen molar-refractivity contribution in [3.05, 3.63) is 23.7 Å². The molecule has 0 bridgehead atoms. The van der Waals surface area contributed by atoms with E-state index in [0.717, 1.165) is 0 Å². The summed E-state index contributed by atoms with van der Waals surface area (Å²) in [6, 6.07) is 0. The topological polar surface area (TPSA) is 127 Å². The monoisotopic (exact) mass is 626 g/mol. The number of carboxylic acids is 2. The number of rotatable bonds is 15. The second kappa shape index (κ2) is 13.0. The first kappa shape index (κ1) is 36.3. The molecule has 8 nitrogen and oxygen atoms in total. The molecule has 0 aromatic rings. The molecular weight excluding hydrogens is 576 g/mol. The zero-order chi connectivity index (χ0) is 32.4. The molecule has 0 fully saturated rings. The van der Waals surface area contributed by atoms with Crippen molar-refractivity contribution in [1.82, 2.24) is 0 Å². The van der Waals surface area contributed by atoms with Gasteiger partial charge in [0.15, 0.2) is 11.6 Å². The van der Waals surface area contributed by atoms with Gasteiger partial charge >= 0.3 is 11.9 Å². The molecule has 0 aliphatic carbocycles. The maximum atomic E-state index is 13.5. The van der Waals surface area contributed by atoms with Crippen molar-refractivity contribution in [2.45, 2.75) is 129 Å². The van der Waals surface area contributed by atoms with Crippen molar-refractivity contribution in [1.29, 1.82) is 0 Å². The van der Waals surface area contributed by atoms with Crippen molar-refractivity contribution in [3.63, 3.8) is 0 Å². The lowest BCUT2D eigenvalue weighted by atomic mass is 9.78. The highest BCUT2D eigenvalue weighted by atomic mass is 32.1. The average molecular weight is 627 g/mol. The highest BCUT2D eigenvalue weighted by Gasteiger charge is 2.51. The highest BCUT2D eigenvalue weighted by molar-refractivity contribution is 7.82. The van der Waals surface area contributed by atoms with E-state index in [-0.39, 0.29) is 18.0 Å². The number of allylic oxidation sites excluding steroid dienone is 4. The number of carbonyl (C=O) groups is 4. The van der Waals surface area contributed by atoms with E-state index in [4.69, 9.17) is 34.7 Å². The summed E-state index contributed by atoms with van der Waals surface area (Å²) in [5, 5.41) is 18.7. The van der Waals surface area contributed by atoms with Crippen LogP contribution in [0.4, 0.5) is 0 Å². The molecule has 2 unspecified atom stereocenters. The van der Waals surface area contributed by atoms with Gasteiger partial charge in [0.2, 0.25) is 9.87 Å². The van der Waals surface area contributed by atoms with Crippen LogP contribution in [0.1, 0.15) is 120 Å². The van der Waals surface area contributed by atoms with E-state index >= 15 is 0 Å². The fourth-order valence-corrected chi connectivity index (χ4v) is 6.49. The molecule has 2 aliphatic rings. The summed E-state index contributed by atoms with van der Waals surface area (Å²) in [4.78, 5) is 46.8. The third-order valence-electron chi connectivity index (χ3n) is 8.43. The first-order chi connectivity index (χ1) is 19.0. The summed E-state index contributed by atoms with van der Waals surface area (Å²) < 4.78 is 12.4. The molecule has 0 radical (unpaired) electrons. The number of hydrogen-bond acceptors (Lipinski definition) is 8. The summed E-state index contributed by atoms with van der Waals surface area (Å²) in [6.07, 6.45) is 8.61. The number of carboxylic acid groups (broad SMARTS) is 2. The van der Waals surface area contributed by atoms with Gasteiger partial charge in [0.25, 0.3) is 0 Å². The minimum atomic E-state index is -1.40. The van der Waals surface area contributed by atoms with E-state index in [1.807, 2.05) is 33.8 Å². The van der Waals surface area contributed by atoms with Crippen LogP contribution in [0.25, 0.3) is 0 Å². The van der Waals surface area contributed by atoms with Gasteiger partial charge in [-0.1, -0.05) is 12.8 Å². The molecule has 0 aromatic carbocycles. The first-order valence-corrected chi connectivity index (χ1v) is 15.7. The number of thiol groups is 2. The van der Waals surface area contributed by atoms with Gasteiger partial charge in [0, 0.05) is 36.5 Å². The molecule has 0 spiro atoms. The second-order valence-corrected chi connectivity index (χ2v) is 15.8. The van der Waals surface area contributed by atoms with Gasteiger partial charge in [-0.3, -0.25) is 19.2 Å². The van der Waals surface area contributed by atoms with Crippen molar-refractivity contribution in [2.24, 2.45) is 21.7 Å². The van der Waals surface area contributed by atoms with Crippen LogP contribution in [0.2, 0.25) is 0 Å². The Labute approximate surface area is 261 Å². The molecule has 2 aliphatic heterocycles. The largest absolute Gasteiger partial charge is 0.481 e. The Morgan fingerprint density at radius 3 is 1.50 bits per heavy atom. The van der Waals surface area contributed by atoms with Crippen LogP contribution < -0.4 is 0 Å². The average Bonchev–Trinajstić information content (AvgIpc) is 2.85. The van der Waals surface area contributed by atoms with Gasteiger partial charge in [-0.05, 0) is 93.2 Å². The molecule has 2 rings (SSSR count). The quantitative estimate of drug-likeness (QED) is 0.110. The van der Waals surface area contributed by atoms with Crippen LogP contribution in [0.5, 0.6) is 0 Å². The first-order valence-electron chi connectivity index (χ1n) is 14.8. The minimum Gasteiger partial charge on any atom is -0.481 e. The van der Waals surface area contributed by atoms with Crippen LogP contribution in [0.15, 0.2) is 23.7 Å². The molecule has 0 saturated carbocycles. The Balaban J connectivity index is 2.09. The second-order valence-electron chi connectivity index (χ2n) is 14.4. The van der Waals surface area contributed by atoms with Crippen LogP contribution >= 0.6 is 25.3 Å². The number of hydrogen-bond donors (Lipinski definition) is 4. The van der Waals surface area contributed by atoms with Gasteiger partial charge in [-0.2, -0.15) is 0 Å². The molecule has 2 atom stereocenters. The Hall–Kier alpha value is -1.94. The molecule has 0 aromatic heterocycles. The fourth-order valence-electron chi connectivity index (χ4n) is 5.41. The van der Waals surface area contributed by atoms with Crippen LogP contribution in [-0.4, -0.2) is 43.6 Å². The lowest BCUT2D eigenvalue weighted by Gasteiger charge is -2.42. The van der Waals surface area contributed by atoms with Gasteiger partial charge < -0.3 is 19.7 Å². The molecule has 42 heavy (non-hydrogen) atoms. The van der Waals surface area contributed by atoms with E-state index in [0.29, 0.717) is 69.3 Å². The molecule has 2 heterocycles. The maximum Gasteiger partial charge on any atom is 0.309 e. The minimum absolute atomic E-state index is 0.164. The fraction of sp³-hybridized carbons (Fsp3) is 0.750. The molecule has 0 amide bonds. The van der Waals surface area contributed by atoms with Crippen LogP contribution in [0, 0.1) is 21.7 Å². The SMILES string of the molecule is CC1(C)C=C(CCC2(S)OC(CCCCC(C)(C)C(=O)O)=CC(C)(C)C2=O)OC(S)(CCCCC(C)(C)C(=O)O)C1=O. The van der Waals surface area contributed by atoms with E-state index in [1.165, 1.54) is 0 Å². The smallest absolute Gasteiger partial charge is 0.309 e. The lowest BCUT2D eigenvalue weighted by Crippen LogP contribution is -2.48. The zero-order valence-electron chi connectivity index (χ0n) is 26.5. The predicted octanol–water partition coefficient (Wildman–Crippen LogP) is 7.38. The van der Waals surface area contributed by atoms with Crippen LogP contribution in [-0.2, 0) is 28.7 Å². The standard InChI is InChI=1S/C32H50O8S2/c1-27(2,25(35)36)15-10-9-13-21-19-29(5,6)24(34)32(42,39-21)18-14-22-20-30(7,8)23(33)31(41,40-22)17-12-11-16-28(3,4)26(37)38/h19-20,41-42H,9-18H2,1-8H3,(H,35,36)(H,37,38). The van der Waals surface area contributed by atoms with Crippen molar-refractivity contribution >= 4 is 48.8 Å². The van der Waals surface area contributed by atoms with Crippen molar-refractivity contribution in [3.8, 4) is 0 Å². The highest BCUT2D eigenvalue weighted by Crippen LogP contribution is 2.46. The number of carbonyl (C=O) groups excluding carboxylic acids is 2. The van der Waals surface area contributed by atoms with E-state index < -0.39 is 43.5 Å². The van der Waals surface area contributed by atoms with Gasteiger partial charge in [-0.15, -0.1) is 25.3 Å². The Morgan fingerprint density at radius 1 is 0.690 bits per heavy atom. The third-order valence-corrected chi connectivity index (χ3v) is 9.47. The predicted molar refractivity (Wildman–Crippen MR) is 168 cm³/mol. The van der Waals surface area contributed by atoms with Gasteiger partial charge in [0.05, 0.1) is 22.3 Å². The molecule has 238 valence electrons. The summed E-state index contributed by atoms with van der Waals surface area (Å²) in [5.41, 5.74) is -3.30. The summed E-state index contributed by atoms with van der Waals surface area (Å²) in [5.74, 6) is -0.822. The molecule has 2 N–H and O–H groups in total. The number of unbranched alkanes of at least 4 members (excludes halogenated alkanes) is 2. The van der Waals surface area contributed by atoms with Crippen molar-refractivity contribution < 1.29 is 38.9 Å². The maximum absolute atomic E-state index is 13.5. The van der Waals surface area contributed by atoms with E-state index in [9.17, 15) is 29.4 Å². The number of aliphatic carboxylic acids is 2. The zero-order valence-corrected chi connectivity index (χ0v) is 28.3. The molecular formula is C32H50O8S2. The van der Waals surface area contributed by atoms with E-state index in [2.05, 4.69) is 0 Å². The van der Waals surface area contributed by atoms with Crippen molar-refractivity contribution in [2.75, 3.05) is 0 Å². The third kappa shape index (κ3) is 8.80. The number of ketones is 2. The van der Waals surface area contributed by atoms with E-state index in [1.54, 1.807) is 33.8 Å².